The third-order valence-corrected chi connectivity index (χ3v) is 6.07. The van der Waals surface area contributed by atoms with Gasteiger partial charge in [-0.2, -0.15) is 46.3 Å². The maximum absolute atomic E-state index is 10.3. The van der Waals surface area contributed by atoms with Crippen molar-refractivity contribution in [3.05, 3.63) is 0 Å². The second-order valence-corrected chi connectivity index (χ2v) is 11.7. The lowest BCUT2D eigenvalue weighted by Gasteiger charge is -2.15. The van der Waals surface area contributed by atoms with Gasteiger partial charge in [-0.25, -0.2) is 0 Å². The molecule has 0 saturated carbocycles. The summed E-state index contributed by atoms with van der Waals surface area (Å²) in [6, 6.07) is 7.25. The third kappa shape index (κ3) is 34.6. The molecule has 40 heavy (non-hydrogen) atoms. The molecule has 0 aromatic heterocycles. The van der Waals surface area contributed by atoms with Crippen LogP contribution in [-0.2, 0) is 44.1 Å². The number of carboxylic acid groups (broad SMARTS) is 2. The van der Waals surface area contributed by atoms with Crippen LogP contribution in [0.15, 0.2) is 0 Å². The van der Waals surface area contributed by atoms with E-state index in [1.165, 1.54) is 0 Å². The average Bonchev–Trinajstić information content (AvgIpc) is 3.16. The van der Waals surface area contributed by atoms with E-state index in [1.54, 1.807) is 12.1 Å². The zero-order valence-electron chi connectivity index (χ0n) is 20.9. The van der Waals surface area contributed by atoms with E-state index < -0.39 is 67.1 Å². The van der Waals surface area contributed by atoms with E-state index in [2.05, 4.69) is 4.18 Å². The Hall–Kier alpha value is -3.45. The highest BCUT2D eigenvalue weighted by molar-refractivity contribution is 7.87. The predicted molar refractivity (Wildman–Crippen MR) is 132 cm³/mol. The van der Waals surface area contributed by atoms with Gasteiger partial charge in [0.15, 0.2) is 0 Å². The minimum Gasteiger partial charge on any atom is -0.480 e. The van der Waals surface area contributed by atoms with E-state index in [1.807, 2.05) is 12.1 Å². The van der Waals surface area contributed by atoms with Crippen LogP contribution in [0, 0.1) is 45.3 Å². The number of unbranched alkanes of at least 4 members (excludes halogenated alkanes) is 2. The molecule has 0 atom stereocenters. The minimum absolute atomic E-state index is 0.201. The van der Waals surface area contributed by atoms with Crippen LogP contribution in [0.3, 0.4) is 0 Å². The molecule has 1 fully saturated rings. The Bertz CT molecular complexity index is 1220. The number of rotatable bonds is 12. The van der Waals surface area contributed by atoms with Crippen molar-refractivity contribution < 1.29 is 58.3 Å². The van der Waals surface area contributed by atoms with Gasteiger partial charge in [-0.3, -0.25) is 32.7 Å². The van der Waals surface area contributed by atoms with E-state index in [0.29, 0.717) is 37.2 Å². The predicted octanol–water partition coefficient (Wildman–Crippen LogP) is -1.58. The highest BCUT2D eigenvalue weighted by Gasteiger charge is 2.19. The van der Waals surface area contributed by atoms with Crippen molar-refractivity contribution in [3.63, 3.8) is 0 Å². The fourth-order valence-corrected chi connectivity index (χ4v) is 4.31. The molecule has 1 rings (SSSR count). The second kappa shape index (κ2) is 22.4. The van der Waals surface area contributed by atoms with Gasteiger partial charge in [-0.05, 0) is 12.8 Å². The summed E-state index contributed by atoms with van der Waals surface area (Å²) in [4.78, 5) is 21.9. The highest BCUT2D eigenvalue weighted by Crippen LogP contribution is 2.04. The lowest BCUT2D eigenvalue weighted by atomic mass is 10.3. The van der Waals surface area contributed by atoms with E-state index in [-0.39, 0.29) is 18.8 Å². The molecular weight excluding hydrogens is 604 g/mol. The normalized spacial score (nSPS) is 13.3. The monoisotopic (exact) mass is 632 g/mol. The number of carboxylic acids is 2. The van der Waals surface area contributed by atoms with E-state index in [0.717, 1.165) is 4.90 Å². The average molecular weight is 633 g/mol. The van der Waals surface area contributed by atoms with Gasteiger partial charge in [0, 0.05) is 12.8 Å². The Morgan fingerprint density at radius 1 is 0.775 bits per heavy atom. The maximum Gasteiger partial charge on any atom is 0.317 e. The first kappa shape index (κ1) is 41.0. The molecule has 0 radical (unpaired) electrons. The summed E-state index contributed by atoms with van der Waals surface area (Å²) in [6.45, 7) is -1.57. The van der Waals surface area contributed by atoms with Crippen molar-refractivity contribution >= 4 is 42.3 Å². The van der Waals surface area contributed by atoms with Crippen molar-refractivity contribution in [1.82, 2.24) is 9.80 Å². The number of nitrogens with zero attached hydrogens (tertiary/aromatic N) is 6. The molecule has 0 spiro atoms. The highest BCUT2D eigenvalue weighted by atomic mass is 32.2. The summed E-state index contributed by atoms with van der Waals surface area (Å²) in [5.41, 5.74) is 0. The Kier molecular flexibility index (Phi) is 23.0. The maximum atomic E-state index is 10.3. The first-order chi connectivity index (χ1) is 18.3. The zero-order valence-corrected chi connectivity index (χ0v) is 23.3. The fraction of sp³-hybridized carbons (Fsp3) is 0.667. The number of aliphatic carboxylic acids is 2. The number of hydrogen-bond donors (Lipinski definition) is 4. The van der Waals surface area contributed by atoms with Gasteiger partial charge in [0.1, 0.15) is 11.8 Å². The van der Waals surface area contributed by atoms with Crippen LogP contribution >= 0.6 is 0 Å². The van der Waals surface area contributed by atoms with E-state index >= 15 is 0 Å². The van der Waals surface area contributed by atoms with Crippen molar-refractivity contribution in [1.29, 1.82) is 21.0 Å². The summed E-state index contributed by atoms with van der Waals surface area (Å²) in [7, 11) is -11.6. The van der Waals surface area contributed by atoms with Gasteiger partial charge in [0.2, 0.25) is 0 Å². The standard InChI is InChI=1S/C5H7N3O3S.C5H6N2.C5H9NO7S.C3H6O3S/c6-1-3-8(4-2-7)5-12(9,10)11;6-4-2-1-3-5-7;7-4(8)1-6(2-5(9)10)3-14(11,12)13;4-7(5)3-1-2-6-7/h3-5H2,(H,9,10,11);1-3H2;1-3H2,(H,7,8)(H,9,10)(H,11,12,13);1-3H2. The lowest BCUT2D eigenvalue weighted by Crippen LogP contribution is -2.38. The second-order valence-electron chi connectivity index (χ2n) is 7.11. The molecule has 22 heteroatoms. The van der Waals surface area contributed by atoms with E-state index in [4.69, 9.17) is 40.4 Å². The molecule has 0 aliphatic carbocycles. The lowest BCUT2D eigenvalue weighted by molar-refractivity contribution is -0.141. The van der Waals surface area contributed by atoms with Crippen LogP contribution in [0.2, 0.25) is 0 Å². The van der Waals surface area contributed by atoms with Crippen molar-refractivity contribution in [2.45, 2.75) is 25.7 Å². The minimum atomic E-state index is -4.42. The molecular formula is C18H28N6O13S3. The summed E-state index contributed by atoms with van der Waals surface area (Å²) in [6.07, 6.45) is 2.39. The Morgan fingerprint density at radius 3 is 1.40 bits per heavy atom. The molecule has 0 aromatic rings. The van der Waals surface area contributed by atoms with E-state index in [9.17, 15) is 34.8 Å². The summed E-state index contributed by atoms with van der Waals surface area (Å²) >= 11 is 0. The van der Waals surface area contributed by atoms with Crippen molar-refractivity contribution in [2.24, 2.45) is 0 Å². The number of nitriles is 4. The zero-order chi connectivity index (χ0) is 31.8. The van der Waals surface area contributed by atoms with Gasteiger partial charge >= 0.3 is 11.9 Å². The first-order valence-electron chi connectivity index (χ1n) is 10.5. The summed E-state index contributed by atoms with van der Waals surface area (Å²) in [5.74, 6) is -4.27. The molecule has 1 aliphatic heterocycles. The van der Waals surface area contributed by atoms with Crippen LogP contribution in [0.5, 0.6) is 0 Å². The van der Waals surface area contributed by atoms with Gasteiger partial charge in [0.25, 0.3) is 30.4 Å². The third-order valence-electron chi connectivity index (χ3n) is 3.38. The van der Waals surface area contributed by atoms with Gasteiger partial charge in [-0.1, -0.05) is 0 Å². The Labute approximate surface area is 231 Å². The number of hydrogen-bond acceptors (Lipinski definition) is 15. The van der Waals surface area contributed by atoms with Gasteiger partial charge < -0.3 is 10.2 Å². The van der Waals surface area contributed by atoms with Gasteiger partial charge in [0.05, 0.1) is 62.8 Å². The molecule has 0 unspecified atom stereocenters. The molecule has 0 aromatic carbocycles. The molecule has 226 valence electrons. The summed E-state index contributed by atoms with van der Waals surface area (Å²) in [5, 5.41) is 48.8. The van der Waals surface area contributed by atoms with Gasteiger partial charge in [-0.15, -0.1) is 0 Å². The molecule has 19 nitrogen and oxygen atoms in total. The first-order valence-corrected chi connectivity index (χ1v) is 15.3. The van der Waals surface area contributed by atoms with Crippen LogP contribution < -0.4 is 0 Å². The van der Waals surface area contributed by atoms with Crippen LogP contribution in [0.4, 0.5) is 0 Å². The molecule has 1 heterocycles. The quantitative estimate of drug-likeness (QED) is 0.0816. The molecule has 1 aliphatic rings. The summed E-state index contributed by atoms with van der Waals surface area (Å²) < 4.78 is 82.7. The molecule has 4 N–H and O–H groups in total. The smallest absolute Gasteiger partial charge is 0.317 e. The Morgan fingerprint density at radius 2 is 1.18 bits per heavy atom. The van der Waals surface area contributed by atoms with Crippen LogP contribution in [-0.4, -0.2) is 117 Å². The molecule has 0 amide bonds. The van der Waals surface area contributed by atoms with Crippen LogP contribution in [0.25, 0.3) is 0 Å². The fourth-order valence-electron chi connectivity index (χ4n) is 2.07. The molecule has 0 bridgehead atoms. The Balaban J connectivity index is -0.000000476. The van der Waals surface area contributed by atoms with Crippen LogP contribution in [0.1, 0.15) is 25.7 Å². The number of carbonyl (C=O) groups is 2. The topological polar surface area (TPSA) is 328 Å². The van der Waals surface area contributed by atoms with Crippen molar-refractivity contribution in [3.8, 4) is 24.3 Å². The SMILES string of the molecule is N#CCCCC#N.N#CCN(CC#N)CS(=O)(=O)O.O=C(O)CN(CC(=O)O)CS(=O)(=O)O.O=S1(=O)CCCO1. The van der Waals surface area contributed by atoms with Crippen molar-refractivity contribution in [2.75, 3.05) is 50.3 Å². The largest absolute Gasteiger partial charge is 0.480 e. The molecule has 1 saturated heterocycles.